The molecule has 0 fully saturated rings. The van der Waals surface area contributed by atoms with Crippen molar-refractivity contribution in [3.8, 4) is 22.3 Å². The van der Waals surface area contributed by atoms with E-state index in [4.69, 9.17) is 9.47 Å². The normalized spacial score (nSPS) is 18.7. The van der Waals surface area contributed by atoms with Crippen LogP contribution in [0.1, 0.15) is 77.2 Å². The van der Waals surface area contributed by atoms with Crippen molar-refractivity contribution in [2.75, 3.05) is 13.2 Å². The van der Waals surface area contributed by atoms with E-state index in [9.17, 15) is 0 Å². The van der Waals surface area contributed by atoms with E-state index in [-0.39, 0.29) is 5.57 Å². The summed E-state index contributed by atoms with van der Waals surface area (Å²) in [6.07, 6.45) is 10.5. The smallest absolute Gasteiger partial charge is 0.227 e. The average molecular weight is 559 g/mol. The summed E-state index contributed by atoms with van der Waals surface area (Å²) in [5.41, 5.74) is 5.26. The Balaban J connectivity index is 1.44. The van der Waals surface area contributed by atoms with Gasteiger partial charge in [0.2, 0.25) is 12.0 Å². The molecule has 2 unspecified atom stereocenters. The second-order valence-corrected chi connectivity index (χ2v) is 10.9. The fourth-order valence-corrected chi connectivity index (χ4v) is 5.22. The van der Waals surface area contributed by atoms with Crippen molar-refractivity contribution in [2.45, 2.75) is 83.6 Å². The lowest BCUT2D eigenvalue weighted by Crippen LogP contribution is -2.46. The minimum Gasteiger partial charge on any atom is -0.344 e. The molecule has 0 saturated carbocycles. The highest BCUT2D eigenvalue weighted by Crippen LogP contribution is 2.39. The fraction of sp³-hybridized carbons (Fsp3) is 0.405. The van der Waals surface area contributed by atoms with E-state index in [0.717, 1.165) is 55.2 Å². The molecule has 1 aliphatic carbocycles. The first-order valence-electron chi connectivity index (χ1n) is 15.3. The summed E-state index contributed by atoms with van der Waals surface area (Å²) in [5, 5.41) is 0. The Morgan fingerprint density at radius 3 is 1.59 bits per heavy atom. The van der Waals surface area contributed by atoms with E-state index in [1.165, 1.54) is 24.8 Å². The van der Waals surface area contributed by atoms with Gasteiger partial charge in [0, 0.05) is 5.57 Å². The third-order valence-corrected chi connectivity index (χ3v) is 7.74. The largest absolute Gasteiger partial charge is 0.344 e. The molecule has 3 aromatic rings. The van der Waals surface area contributed by atoms with Crippen LogP contribution in [0.5, 0.6) is 0 Å². The number of unbranched alkanes of at least 4 members (excludes halogenated alkanes) is 7. The summed E-state index contributed by atoms with van der Waals surface area (Å²) in [5.74, 6) is -2.56. The van der Waals surface area contributed by atoms with Gasteiger partial charge in [-0.25, -0.2) is 8.78 Å². The molecular weight excluding hydrogens is 514 g/mol. The van der Waals surface area contributed by atoms with Gasteiger partial charge in [-0.1, -0.05) is 144 Å². The fourth-order valence-electron chi connectivity index (χ4n) is 5.22. The lowest BCUT2D eigenvalue weighted by molar-refractivity contribution is -0.234. The number of ether oxygens (including phenoxy) is 2. The van der Waals surface area contributed by atoms with Crippen LogP contribution in [0.15, 0.2) is 96.8 Å². The van der Waals surface area contributed by atoms with Crippen LogP contribution in [0.2, 0.25) is 0 Å². The lowest BCUT2D eigenvalue weighted by atomic mass is 9.92. The minimum atomic E-state index is -2.02. The maximum Gasteiger partial charge on any atom is 0.227 e. The van der Waals surface area contributed by atoms with Gasteiger partial charge in [0.1, 0.15) is 5.83 Å². The first kappa shape index (κ1) is 30.9. The third kappa shape index (κ3) is 8.24. The third-order valence-electron chi connectivity index (χ3n) is 7.74. The molecular formula is C37H44F2O2. The number of rotatable bonds is 16. The molecule has 0 spiro atoms. The van der Waals surface area contributed by atoms with E-state index in [1.807, 2.05) is 42.5 Å². The van der Waals surface area contributed by atoms with Gasteiger partial charge < -0.3 is 9.47 Å². The second kappa shape index (κ2) is 15.8. The molecule has 0 aromatic heterocycles. The molecule has 41 heavy (non-hydrogen) atoms. The SMILES string of the molecule is CCCCCCCCOC1(OCCCCC)C=CC(c2ccc(-c3ccc(-c4ccccc4)cc3)cc2)=C(F)C1F. The Labute approximate surface area is 245 Å². The summed E-state index contributed by atoms with van der Waals surface area (Å²) >= 11 is 0. The van der Waals surface area contributed by atoms with Crippen molar-refractivity contribution < 1.29 is 18.3 Å². The van der Waals surface area contributed by atoms with Crippen molar-refractivity contribution in [1.82, 2.24) is 0 Å². The molecule has 0 N–H and O–H groups in total. The highest BCUT2D eigenvalue weighted by molar-refractivity contribution is 5.79. The van der Waals surface area contributed by atoms with Crippen LogP contribution in [0, 0.1) is 0 Å². The van der Waals surface area contributed by atoms with Gasteiger partial charge in [0.15, 0.2) is 0 Å². The zero-order chi connectivity index (χ0) is 28.9. The average Bonchev–Trinajstić information content (AvgIpc) is 3.02. The van der Waals surface area contributed by atoms with Crippen molar-refractivity contribution in [3.63, 3.8) is 0 Å². The zero-order valence-electron chi connectivity index (χ0n) is 24.6. The van der Waals surface area contributed by atoms with Crippen LogP contribution in [0.25, 0.3) is 27.8 Å². The number of alkyl halides is 1. The predicted molar refractivity (Wildman–Crippen MR) is 167 cm³/mol. The van der Waals surface area contributed by atoms with Crippen molar-refractivity contribution in [1.29, 1.82) is 0 Å². The summed E-state index contributed by atoms with van der Waals surface area (Å²) in [4.78, 5) is 0. The van der Waals surface area contributed by atoms with Gasteiger partial charge in [-0.3, -0.25) is 0 Å². The second-order valence-electron chi connectivity index (χ2n) is 10.9. The van der Waals surface area contributed by atoms with E-state index in [0.29, 0.717) is 18.8 Å². The van der Waals surface area contributed by atoms with Gasteiger partial charge in [0.05, 0.1) is 13.2 Å². The van der Waals surface area contributed by atoms with E-state index in [2.05, 4.69) is 50.2 Å². The summed E-state index contributed by atoms with van der Waals surface area (Å²) in [7, 11) is 0. The van der Waals surface area contributed by atoms with Gasteiger partial charge >= 0.3 is 0 Å². The monoisotopic (exact) mass is 558 g/mol. The molecule has 2 atom stereocenters. The van der Waals surface area contributed by atoms with Crippen LogP contribution < -0.4 is 0 Å². The molecule has 2 nitrogen and oxygen atoms in total. The highest BCUT2D eigenvalue weighted by atomic mass is 19.2. The Morgan fingerprint density at radius 1 is 0.585 bits per heavy atom. The number of allylic oxidation sites excluding steroid dienone is 2. The topological polar surface area (TPSA) is 18.5 Å². The van der Waals surface area contributed by atoms with E-state index in [1.54, 1.807) is 12.2 Å². The van der Waals surface area contributed by atoms with Crippen molar-refractivity contribution >= 4 is 5.57 Å². The lowest BCUT2D eigenvalue weighted by Gasteiger charge is -2.36. The molecule has 218 valence electrons. The van der Waals surface area contributed by atoms with Crippen LogP contribution in [0.3, 0.4) is 0 Å². The van der Waals surface area contributed by atoms with Gasteiger partial charge in [-0.2, -0.15) is 0 Å². The maximum atomic E-state index is 15.8. The Morgan fingerprint density at radius 2 is 1.02 bits per heavy atom. The van der Waals surface area contributed by atoms with E-state index >= 15 is 8.78 Å². The molecule has 0 saturated heterocycles. The molecule has 0 amide bonds. The number of benzene rings is 3. The van der Waals surface area contributed by atoms with Gasteiger partial charge in [0.25, 0.3) is 0 Å². The molecule has 0 radical (unpaired) electrons. The number of hydrogen-bond donors (Lipinski definition) is 0. The first-order valence-corrected chi connectivity index (χ1v) is 15.3. The standard InChI is InChI=1S/C37H44F2O2/c1-3-5-7-8-9-14-28-41-37(40-27-13-6-4-2)26-25-34(35(38)36(37)39)33-23-21-32(22-24-33)31-19-17-30(18-20-31)29-15-11-10-12-16-29/h10-12,15-26,36H,3-9,13-14,27-28H2,1-2H3. The molecule has 4 rings (SSSR count). The highest BCUT2D eigenvalue weighted by Gasteiger charge is 2.46. The van der Waals surface area contributed by atoms with Crippen LogP contribution >= 0.6 is 0 Å². The molecule has 0 aliphatic heterocycles. The number of halogens is 2. The van der Waals surface area contributed by atoms with Crippen LogP contribution in [-0.2, 0) is 9.47 Å². The maximum absolute atomic E-state index is 15.8. The molecule has 3 aromatic carbocycles. The van der Waals surface area contributed by atoms with Crippen molar-refractivity contribution in [2.24, 2.45) is 0 Å². The van der Waals surface area contributed by atoms with E-state index < -0.39 is 17.8 Å². The Hall–Kier alpha value is -3.08. The minimum absolute atomic E-state index is 0.236. The number of hydrogen-bond acceptors (Lipinski definition) is 2. The molecule has 1 aliphatic rings. The zero-order valence-corrected chi connectivity index (χ0v) is 24.6. The predicted octanol–water partition coefficient (Wildman–Crippen LogP) is 10.9. The quantitative estimate of drug-likeness (QED) is 0.129. The van der Waals surface area contributed by atoms with Crippen LogP contribution in [-0.4, -0.2) is 25.2 Å². The first-order chi connectivity index (χ1) is 20.1. The molecule has 0 heterocycles. The van der Waals surface area contributed by atoms with Crippen LogP contribution in [0.4, 0.5) is 8.78 Å². The van der Waals surface area contributed by atoms with Crippen molar-refractivity contribution in [3.05, 3.63) is 102 Å². The Kier molecular flexibility index (Phi) is 11.9. The summed E-state index contributed by atoms with van der Waals surface area (Å²) < 4.78 is 43.4. The van der Waals surface area contributed by atoms with Gasteiger partial charge in [-0.15, -0.1) is 0 Å². The summed E-state index contributed by atoms with van der Waals surface area (Å²) in [6, 6.07) is 26.2. The molecule has 0 bridgehead atoms. The summed E-state index contributed by atoms with van der Waals surface area (Å²) in [6.45, 7) is 4.96. The molecule has 4 heteroatoms. The Bertz CT molecular complexity index is 1250. The van der Waals surface area contributed by atoms with Gasteiger partial charge in [-0.05, 0) is 46.7 Å².